The van der Waals surface area contributed by atoms with Gasteiger partial charge in [-0.15, -0.1) is 0 Å². The van der Waals surface area contributed by atoms with Crippen LogP contribution >= 0.6 is 0 Å². The Kier molecular flexibility index (Phi) is 6.91. The number of rotatable bonds is 7. The van der Waals surface area contributed by atoms with E-state index in [-0.39, 0.29) is 23.4 Å². The minimum absolute atomic E-state index is 0.0283. The number of amides is 1. The van der Waals surface area contributed by atoms with Crippen LogP contribution < -0.4 is 4.74 Å². The molecule has 13 heteroatoms. The van der Waals surface area contributed by atoms with Crippen LogP contribution in [0.4, 0.5) is 13.6 Å². The van der Waals surface area contributed by atoms with Gasteiger partial charge in [0, 0.05) is 25.8 Å². The molecule has 0 bridgehead atoms. The van der Waals surface area contributed by atoms with Gasteiger partial charge in [0.25, 0.3) is 0 Å². The fraction of sp³-hybridized carbons (Fsp3) is 0.429. The summed E-state index contributed by atoms with van der Waals surface area (Å²) >= 11 is 0. The molecule has 1 saturated heterocycles. The second-order valence-corrected chi connectivity index (χ2v) is 9.88. The number of benzene rings is 1. The molecule has 3 aromatic rings. The Balaban J connectivity index is 1.43. The number of ether oxygens (including phenoxy) is 2. The first-order valence-electron chi connectivity index (χ1n) is 10.6. The molecule has 1 aromatic carbocycles. The van der Waals surface area contributed by atoms with E-state index in [4.69, 9.17) is 9.47 Å². The SMILES string of the molecule is CS(=O)(=O)c1ccc(Oc2ncnc3c2cnn3C2CCN(C(=O)OCCC(F)F)CC2)cc1. The van der Waals surface area contributed by atoms with Crippen LogP contribution in [0.5, 0.6) is 11.6 Å². The van der Waals surface area contributed by atoms with Crippen LogP contribution in [0.1, 0.15) is 25.3 Å². The van der Waals surface area contributed by atoms with Crippen LogP contribution in [-0.4, -0.2) is 71.5 Å². The minimum atomic E-state index is -3.31. The first-order valence-corrected chi connectivity index (χ1v) is 12.5. The fourth-order valence-electron chi connectivity index (χ4n) is 3.68. The maximum absolute atomic E-state index is 12.2. The van der Waals surface area contributed by atoms with E-state index in [1.54, 1.807) is 23.0 Å². The normalized spacial score (nSPS) is 15.1. The summed E-state index contributed by atoms with van der Waals surface area (Å²) in [6.07, 6.45) is 1.69. The van der Waals surface area contributed by atoms with Crippen molar-refractivity contribution in [3.8, 4) is 11.6 Å². The summed E-state index contributed by atoms with van der Waals surface area (Å²) in [6.45, 7) is 0.498. The van der Waals surface area contributed by atoms with E-state index < -0.39 is 28.8 Å². The third-order valence-corrected chi connectivity index (χ3v) is 6.58. The maximum atomic E-state index is 12.2. The summed E-state index contributed by atoms with van der Waals surface area (Å²) in [5, 5.41) is 5.03. The van der Waals surface area contributed by atoms with Crippen LogP contribution in [0, 0.1) is 0 Å². The van der Waals surface area contributed by atoms with E-state index in [2.05, 4.69) is 15.1 Å². The highest BCUT2D eigenvalue weighted by atomic mass is 32.2. The Bertz CT molecular complexity index is 1260. The number of likely N-dealkylation sites (tertiary alicyclic amines) is 1. The summed E-state index contributed by atoms with van der Waals surface area (Å²) in [6, 6.07) is 5.98. The van der Waals surface area contributed by atoms with Gasteiger partial charge in [0.2, 0.25) is 12.3 Å². The molecular formula is C21H23F2N5O5S. The summed E-state index contributed by atoms with van der Waals surface area (Å²) in [5.74, 6) is 0.696. The lowest BCUT2D eigenvalue weighted by molar-refractivity contribution is 0.0621. The summed E-state index contributed by atoms with van der Waals surface area (Å²) in [4.78, 5) is 22.2. The van der Waals surface area contributed by atoms with Crippen molar-refractivity contribution in [2.45, 2.75) is 36.6 Å². The van der Waals surface area contributed by atoms with Gasteiger partial charge in [-0.05, 0) is 37.1 Å². The Morgan fingerprint density at radius 3 is 2.53 bits per heavy atom. The van der Waals surface area contributed by atoms with Crippen LogP contribution in [0.3, 0.4) is 0 Å². The standard InChI is InChI=1S/C21H23F2N5O5S/c1-34(30,31)16-4-2-15(3-5-16)33-20-17-12-26-28(19(17)24-13-25-20)14-6-9-27(10-7-14)21(29)32-11-8-18(22)23/h2-5,12-14,18H,6-11H2,1H3. The van der Waals surface area contributed by atoms with Gasteiger partial charge in [-0.1, -0.05) is 0 Å². The molecule has 0 N–H and O–H groups in total. The van der Waals surface area contributed by atoms with Gasteiger partial charge in [-0.3, -0.25) is 0 Å². The molecule has 182 valence electrons. The Hall–Kier alpha value is -3.35. The van der Waals surface area contributed by atoms with Crippen LogP contribution in [0.2, 0.25) is 0 Å². The molecule has 1 aliphatic heterocycles. The zero-order valence-corrected chi connectivity index (χ0v) is 19.1. The predicted molar refractivity (Wildman–Crippen MR) is 117 cm³/mol. The number of hydrogen-bond acceptors (Lipinski definition) is 8. The Labute approximate surface area is 194 Å². The van der Waals surface area contributed by atoms with Crippen molar-refractivity contribution in [3.63, 3.8) is 0 Å². The molecule has 0 radical (unpaired) electrons. The largest absolute Gasteiger partial charge is 0.449 e. The number of hydrogen-bond donors (Lipinski definition) is 0. The molecular weight excluding hydrogens is 472 g/mol. The molecule has 1 aliphatic rings. The average molecular weight is 496 g/mol. The number of halogens is 2. The van der Waals surface area contributed by atoms with Crippen LogP contribution in [0.15, 0.2) is 41.7 Å². The highest BCUT2D eigenvalue weighted by molar-refractivity contribution is 7.90. The number of nitrogens with zero attached hydrogens (tertiary/aromatic N) is 5. The van der Waals surface area contributed by atoms with Crippen molar-refractivity contribution in [2.24, 2.45) is 0 Å². The van der Waals surface area contributed by atoms with Gasteiger partial charge in [0.1, 0.15) is 17.5 Å². The van der Waals surface area contributed by atoms with E-state index >= 15 is 0 Å². The maximum Gasteiger partial charge on any atom is 0.409 e. The molecule has 3 heterocycles. The molecule has 0 unspecified atom stereocenters. The van der Waals surface area contributed by atoms with Crippen molar-refractivity contribution >= 4 is 27.0 Å². The lowest BCUT2D eigenvalue weighted by Crippen LogP contribution is -2.39. The van der Waals surface area contributed by atoms with E-state index in [1.807, 2.05) is 0 Å². The van der Waals surface area contributed by atoms with Gasteiger partial charge in [0.05, 0.1) is 23.7 Å². The van der Waals surface area contributed by atoms with Crippen LogP contribution in [0.25, 0.3) is 11.0 Å². The summed E-state index contributed by atoms with van der Waals surface area (Å²) in [5.41, 5.74) is 0.565. The number of aromatic nitrogens is 4. The number of sulfone groups is 1. The van der Waals surface area contributed by atoms with Crippen molar-refractivity contribution in [1.29, 1.82) is 0 Å². The lowest BCUT2D eigenvalue weighted by atomic mass is 10.1. The summed E-state index contributed by atoms with van der Waals surface area (Å²) < 4.78 is 60.2. The van der Waals surface area contributed by atoms with E-state index in [9.17, 15) is 22.0 Å². The van der Waals surface area contributed by atoms with Crippen molar-refractivity contribution in [2.75, 3.05) is 26.0 Å². The first-order chi connectivity index (χ1) is 16.2. The number of carbonyl (C=O) groups is 1. The monoisotopic (exact) mass is 495 g/mol. The molecule has 1 amide bonds. The molecule has 34 heavy (non-hydrogen) atoms. The second kappa shape index (κ2) is 9.87. The third-order valence-electron chi connectivity index (χ3n) is 5.45. The molecule has 2 aromatic heterocycles. The van der Waals surface area contributed by atoms with Gasteiger partial charge in [0.15, 0.2) is 15.5 Å². The molecule has 4 rings (SSSR count). The van der Waals surface area contributed by atoms with Gasteiger partial charge >= 0.3 is 6.09 Å². The van der Waals surface area contributed by atoms with Crippen molar-refractivity contribution in [1.82, 2.24) is 24.6 Å². The number of alkyl halides is 2. The highest BCUT2D eigenvalue weighted by Crippen LogP contribution is 2.31. The lowest BCUT2D eigenvalue weighted by Gasteiger charge is -2.31. The third kappa shape index (κ3) is 5.41. The Morgan fingerprint density at radius 1 is 1.18 bits per heavy atom. The molecule has 0 aliphatic carbocycles. The van der Waals surface area contributed by atoms with Crippen LogP contribution in [-0.2, 0) is 14.6 Å². The quantitative estimate of drug-likeness (QED) is 0.489. The molecule has 0 saturated carbocycles. The van der Waals surface area contributed by atoms with Crippen molar-refractivity contribution in [3.05, 3.63) is 36.8 Å². The molecule has 1 fully saturated rings. The van der Waals surface area contributed by atoms with E-state index in [0.717, 1.165) is 6.26 Å². The highest BCUT2D eigenvalue weighted by Gasteiger charge is 2.27. The minimum Gasteiger partial charge on any atom is -0.449 e. The van der Waals surface area contributed by atoms with E-state index in [1.165, 1.54) is 23.4 Å². The number of carbonyl (C=O) groups excluding carboxylic acids is 1. The zero-order valence-electron chi connectivity index (χ0n) is 18.3. The van der Waals surface area contributed by atoms with Crippen molar-refractivity contribution < 1.29 is 31.5 Å². The predicted octanol–water partition coefficient (Wildman–Crippen LogP) is 3.45. The first kappa shape index (κ1) is 23.8. The number of piperidine rings is 1. The average Bonchev–Trinajstić information content (AvgIpc) is 3.24. The summed E-state index contributed by atoms with van der Waals surface area (Å²) in [7, 11) is -3.31. The molecule has 0 spiro atoms. The second-order valence-electron chi connectivity index (χ2n) is 7.86. The smallest absolute Gasteiger partial charge is 0.409 e. The number of fused-ring (bicyclic) bond motifs is 1. The zero-order chi connectivity index (χ0) is 24.3. The molecule has 10 nitrogen and oxygen atoms in total. The fourth-order valence-corrected chi connectivity index (χ4v) is 4.31. The van der Waals surface area contributed by atoms with Gasteiger partial charge < -0.3 is 14.4 Å². The van der Waals surface area contributed by atoms with Gasteiger partial charge in [-0.25, -0.2) is 36.6 Å². The van der Waals surface area contributed by atoms with Gasteiger partial charge in [-0.2, -0.15) is 5.10 Å². The molecule has 0 atom stereocenters. The Morgan fingerprint density at radius 2 is 1.88 bits per heavy atom. The topological polar surface area (TPSA) is 117 Å². The van der Waals surface area contributed by atoms with E-state index in [0.29, 0.717) is 42.7 Å².